The Kier molecular flexibility index (Phi) is 5.61. The van der Waals surface area contributed by atoms with Crippen molar-refractivity contribution in [2.45, 2.75) is 13.1 Å². The van der Waals surface area contributed by atoms with Crippen molar-refractivity contribution in [3.63, 3.8) is 0 Å². The number of hydrogen-bond acceptors (Lipinski definition) is 3. The first-order valence-electron chi connectivity index (χ1n) is 7.96. The molecule has 8 heteroatoms. The smallest absolute Gasteiger partial charge is 0.254 e. The van der Waals surface area contributed by atoms with Crippen LogP contribution < -0.4 is 10.9 Å². The number of benzene rings is 2. The molecule has 0 radical (unpaired) electrons. The zero-order chi connectivity index (χ0) is 19.4. The van der Waals surface area contributed by atoms with Crippen molar-refractivity contribution in [3.8, 4) is 11.3 Å². The number of amides is 1. The second kappa shape index (κ2) is 8.09. The summed E-state index contributed by atoms with van der Waals surface area (Å²) in [4.78, 5) is 28.3. The molecule has 0 aliphatic carbocycles. The third kappa shape index (κ3) is 4.57. The van der Waals surface area contributed by atoms with Crippen LogP contribution in [0.5, 0.6) is 0 Å². The van der Waals surface area contributed by atoms with Crippen LogP contribution in [0.1, 0.15) is 5.56 Å². The van der Waals surface area contributed by atoms with E-state index in [0.717, 1.165) is 16.7 Å². The van der Waals surface area contributed by atoms with Crippen molar-refractivity contribution < 1.29 is 13.6 Å². The standard InChI is InChI=1S/C19H14ClF2N3O2/c20-13-6-4-12(5-7-13)17-8-19(27)25(11-24-17)10-18(26)23-9-14-15(21)2-1-3-16(14)22/h1-8,11H,9-10H2,(H,23,26). The van der Waals surface area contributed by atoms with Gasteiger partial charge in [0.2, 0.25) is 5.91 Å². The SMILES string of the molecule is O=C(Cn1cnc(-c2ccc(Cl)cc2)cc1=O)NCc1c(F)cccc1F. The van der Waals surface area contributed by atoms with Gasteiger partial charge in [-0.05, 0) is 24.3 Å². The molecule has 1 aromatic heterocycles. The molecule has 1 N–H and O–H groups in total. The summed E-state index contributed by atoms with van der Waals surface area (Å²) in [6.45, 7) is -0.634. The minimum atomic E-state index is -0.749. The zero-order valence-corrected chi connectivity index (χ0v) is 14.7. The number of nitrogens with one attached hydrogen (secondary N) is 1. The fourth-order valence-electron chi connectivity index (χ4n) is 2.42. The molecular formula is C19H14ClF2N3O2. The third-order valence-corrected chi connectivity index (χ3v) is 4.11. The van der Waals surface area contributed by atoms with Gasteiger partial charge in [0, 0.05) is 28.8 Å². The number of aromatic nitrogens is 2. The topological polar surface area (TPSA) is 64.0 Å². The van der Waals surface area contributed by atoms with E-state index in [1.807, 2.05) is 0 Å². The van der Waals surface area contributed by atoms with Crippen LogP contribution in [0.3, 0.4) is 0 Å². The number of carbonyl (C=O) groups is 1. The molecule has 27 heavy (non-hydrogen) atoms. The lowest BCUT2D eigenvalue weighted by molar-refractivity contribution is -0.121. The maximum atomic E-state index is 13.6. The Bertz CT molecular complexity index is 1020. The van der Waals surface area contributed by atoms with Crippen molar-refractivity contribution in [1.82, 2.24) is 14.9 Å². The molecule has 3 rings (SSSR count). The number of rotatable bonds is 5. The molecule has 1 amide bonds. The Balaban J connectivity index is 1.67. The molecule has 5 nitrogen and oxygen atoms in total. The van der Waals surface area contributed by atoms with E-state index < -0.39 is 23.1 Å². The van der Waals surface area contributed by atoms with E-state index in [4.69, 9.17) is 11.6 Å². The lowest BCUT2D eigenvalue weighted by Crippen LogP contribution is -2.32. The molecule has 0 atom stereocenters. The fourth-order valence-corrected chi connectivity index (χ4v) is 2.55. The van der Waals surface area contributed by atoms with Gasteiger partial charge in [-0.3, -0.25) is 14.2 Å². The molecule has 0 saturated carbocycles. The maximum absolute atomic E-state index is 13.6. The second-order valence-corrected chi connectivity index (χ2v) is 6.16. The van der Waals surface area contributed by atoms with Gasteiger partial charge < -0.3 is 5.32 Å². The van der Waals surface area contributed by atoms with Crippen molar-refractivity contribution in [2.75, 3.05) is 0 Å². The highest BCUT2D eigenvalue weighted by Crippen LogP contribution is 2.18. The lowest BCUT2D eigenvalue weighted by Gasteiger charge is -2.09. The molecule has 138 valence electrons. The number of hydrogen-bond donors (Lipinski definition) is 1. The van der Waals surface area contributed by atoms with E-state index in [0.29, 0.717) is 16.3 Å². The van der Waals surface area contributed by atoms with E-state index in [-0.39, 0.29) is 18.7 Å². The van der Waals surface area contributed by atoms with Crippen LogP contribution >= 0.6 is 11.6 Å². The lowest BCUT2D eigenvalue weighted by atomic mass is 10.1. The van der Waals surface area contributed by atoms with Crippen LogP contribution in [0.2, 0.25) is 5.02 Å². The van der Waals surface area contributed by atoms with E-state index in [9.17, 15) is 18.4 Å². The van der Waals surface area contributed by atoms with Crippen molar-refractivity contribution in [3.05, 3.63) is 87.4 Å². The predicted octanol–water partition coefficient (Wildman–Crippen LogP) is 3.16. The first kappa shape index (κ1) is 18.7. The number of nitrogens with zero attached hydrogens (tertiary/aromatic N) is 2. The van der Waals surface area contributed by atoms with Crippen molar-refractivity contribution in [2.24, 2.45) is 0 Å². The summed E-state index contributed by atoms with van der Waals surface area (Å²) in [5.41, 5.74) is 0.487. The Morgan fingerprint density at radius 1 is 1.11 bits per heavy atom. The Morgan fingerprint density at radius 2 is 1.78 bits per heavy atom. The molecule has 0 saturated heterocycles. The van der Waals surface area contributed by atoms with Crippen LogP contribution in [0.15, 0.2) is 59.7 Å². The van der Waals surface area contributed by atoms with E-state index >= 15 is 0 Å². The summed E-state index contributed by atoms with van der Waals surface area (Å²) < 4.78 is 28.2. The third-order valence-electron chi connectivity index (χ3n) is 3.86. The Hall–Kier alpha value is -3.06. The summed E-state index contributed by atoms with van der Waals surface area (Å²) in [7, 11) is 0. The average molecular weight is 390 g/mol. The van der Waals surface area contributed by atoms with Gasteiger partial charge in [0.25, 0.3) is 5.56 Å². The fraction of sp³-hybridized carbons (Fsp3) is 0.105. The quantitative estimate of drug-likeness (QED) is 0.729. The number of carbonyl (C=O) groups excluding carboxylic acids is 1. The van der Waals surface area contributed by atoms with Crippen LogP contribution in [0, 0.1) is 11.6 Å². The first-order valence-corrected chi connectivity index (χ1v) is 8.34. The summed E-state index contributed by atoms with van der Waals surface area (Å²) in [6, 6.07) is 11.6. The molecule has 2 aromatic carbocycles. The van der Waals surface area contributed by atoms with Gasteiger partial charge in [-0.2, -0.15) is 0 Å². The molecule has 0 fully saturated rings. The molecule has 0 aliphatic rings. The highest BCUT2D eigenvalue weighted by atomic mass is 35.5. The highest BCUT2D eigenvalue weighted by molar-refractivity contribution is 6.30. The van der Waals surface area contributed by atoms with Gasteiger partial charge in [0.15, 0.2) is 0 Å². The molecule has 0 bridgehead atoms. The minimum Gasteiger partial charge on any atom is -0.350 e. The molecule has 3 aromatic rings. The van der Waals surface area contributed by atoms with Gasteiger partial charge in [-0.25, -0.2) is 13.8 Å². The summed E-state index contributed by atoms with van der Waals surface area (Å²) in [5, 5.41) is 2.95. The van der Waals surface area contributed by atoms with E-state index in [1.165, 1.54) is 18.5 Å². The molecule has 0 aliphatic heterocycles. The normalized spacial score (nSPS) is 10.6. The summed E-state index contributed by atoms with van der Waals surface area (Å²) >= 11 is 5.83. The van der Waals surface area contributed by atoms with Crippen molar-refractivity contribution >= 4 is 17.5 Å². The second-order valence-electron chi connectivity index (χ2n) is 5.72. The zero-order valence-electron chi connectivity index (χ0n) is 14.0. The number of halogens is 3. The van der Waals surface area contributed by atoms with Gasteiger partial charge in [0.05, 0.1) is 12.0 Å². The van der Waals surface area contributed by atoms with Crippen LogP contribution in [0.25, 0.3) is 11.3 Å². The average Bonchev–Trinajstić information content (AvgIpc) is 2.63. The van der Waals surface area contributed by atoms with Gasteiger partial charge in [-0.15, -0.1) is 0 Å². The highest BCUT2D eigenvalue weighted by Gasteiger charge is 2.11. The maximum Gasteiger partial charge on any atom is 0.254 e. The van der Waals surface area contributed by atoms with E-state index in [1.54, 1.807) is 24.3 Å². The predicted molar refractivity (Wildman–Crippen MR) is 97.1 cm³/mol. The molecular weight excluding hydrogens is 376 g/mol. The van der Waals surface area contributed by atoms with Crippen LogP contribution in [0.4, 0.5) is 8.78 Å². The van der Waals surface area contributed by atoms with Gasteiger partial charge in [-0.1, -0.05) is 29.8 Å². The molecule has 0 spiro atoms. The monoisotopic (exact) mass is 389 g/mol. The summed E-state index contributed by atoms with van der Waals surface area (Å²) in [6.07, 6.45) is 1.25. The van der Waals surface area contributed by atoms with Crippen LogP contribution in [-0.2, 0) is 17.9 Å². The van der Waals surface area contributed by atoms with Crippen LogP contribution in [-0.4, -0.2) is 15.5 Å². The minimum absolute atomic E-state index is 0.241. The first-order chi connectivity index (χ1) is 12.9. The van der Waals surface area contributed by atoms with Crippen molar-refractivity contribution in [1.29, 1.82) is 0 Å². The Labute approximate surface area is 158 Å². The molecule has 0 unspecified atom stereocenters. The molecule has 1 heterocycles. The van der Waals surface area contributed by atoms with E-state index in [2.05, 4.69) is 10.3 Å². The van der Waals surface area contributed by atoms with Gasteiger partial charge in [0.1, 0.15) is 18.2 Å². The van der Waals surface area contributed by atoms with Gasteiger partial charge >= 0.3 is 0 Å². The summed E-state index contributed by atoms with van der Waals surface area (Å²) in [5.74, 6) is -2.07. The Morgan fingerprint density at radius 3 is 2.41 bits per heavy atom. The largest absolute Gasteiger partial charge is 0.350 e.